The van der Waals surface area contributed by atoms with Crippen molar-refractivity contribution in [1.29, 1.82) is 0 Å². The molecule has 0 bridgehead atoms. The molecule has 1 aromatic rings. The van der Waals surface area contributed by atoms with E-state index in [1.54, 1.807) is 0 Å². The number of nitrogens with two attached hydrogens (primary N) is 1. The van der Waals surface area contributed by atoms with E-state index in [2.05, 4.69) is 17.2 Å². The summed E-state index contributed by atoms with van der Waals surface area (Å²) in [6.07, 6.45) is 0.571. The number of hydrogen-bond acceptors (Lipinski definition) is 4. The van der Waals surface area contributed by atoms with Crippen molar-refractivity contribution >= 4 is 0 Å². The van der Waals surface area contributed by atoms with E-state index >= 15 is 0 Å². The lowest BCUT2D eigenvalue weighted by molar-refractivity contribution is -0.0477. The van der Waals surface area contributed by atoms with Crippen LogP contribution >= 0.6 is 0 Å². The molecule has 2 atom stereocenters. The van der Waals surface area contributed by atoms with Crippen LogP contribution in [0.25, 0.3) is 0 Å². The molecular weight excluding hydrogens is 283 g/mol. The molecule has 1 aliphatic rings. The lowest BCUT2D eigenvalue weighted by Crippen LogP contribution is -2.50. The highest BCUT2D eigenvalue weighted by atomic mass is 19.2. The van der Waals surface area contributed by atoms with Gasteiger partial charge >= 0.3 is 0 Å². The Labute approximate surface area is 122 Å². The minimum Gasteiger partial charge on any atom is -0.374 e. The van der Waals surface area contributed by atoms with Gasteiger partial charge < -0.3 is 4.74 Å². The zero-order chi connectivity index (χ0) is 15.4. The van der Waals surface area contributed by atoms with Crippen molar-refractivity contribution in [1.82, 2.24) is 10.3 Å². The van der Waals surface area contributed by atoms with Crippen LogP contribution in [0.2, 0.25) is 0 Å². The van der Waals surface area contributed by atoms with Gasteiger partial charge in [0.05, 0.1) is 18.8 Å². The van der Waals surface area contributed by atoms with E-state index in [1.165, 1.54) is 6.07 Å². The number of ether oxygens (including phenoxy) is 1. The summed E-state index contributed by atoms with van der Waals surface area (Å²) in [4.78, 5) is 2.18. The largest absolute Gasteiger partial charge is 0.374 e. The average Bonchev–Trinajstić information content (AvgIpc) is 2.49. The standard InChI is InChI=1S/C14H20F3N3O/c1-2-5-20-6-7-21-11(8-20)14(19-18)9-3-4-10(15)13(17)12(9)16/h3-4,11,14,19H,2,5-8,18H2,1H3. The third-order valence-corrected chi connectivity index (χ3v) is 3.67. The zero-order valence-corrected chi connectivity index (χ0v) is 11.9. The van der Waals surface area contributed by atoms with Gasteiger partial charge in [-0.25, -0.2) is 13.2 Å². The van der Waals surface area contributed by atoms with Crippen LogP contribution in [0.3, 0.4) is 0 Å². The molecule has 2 rings (SSSR count). The molecule has 3 N–H and O–H groups in total. The Morgan fingerprint density at radius 3 is 2.81 bits per heavy atom. The number of hydrogen-bond donors (Lipinski definition) is 2. The summed E-state index contributed by atoms with van der Waals surface area (Å²) in [7, 11) is 0. The number of nitrogens with one attached hydrogen (secondary N) is 1. The van der Waals surface area contributed by atoms with Gasteiger partial charge in [0.2, 0.25) is 0 Å². The second kappa shape index (κ2) is 7.22. The molecule has 0 radical (unpaired) electrons. The second-order valence-corrected chi connectivity index (χ2v) is 5.12. The van der Waals surface area contributed by atoms with Crippen LogP contribution in [0.1, 0.15) is 24.9 Å². The molecule has 1 aromatic carbocycles. The monoisotopic (exact) mass is 303 g/mol. The molecule has 1 aliphatic heterocycles. The molecule has 7 heteroatoms. The summed E-state index contributed by atoms with van der Waals surface area (Å²) >= 11 is 0. The Balaban J connectivity index is 2.21. The first-order chi connectivity index (χ1) is 10.1. The molecule has 0 amide bonds. The van der Waals surface area contributed by atoms with E-state index in [4.69, 9.17) is 10.6 Å². The van der Waals surface area contributed by atoms with Gasteiger partial charge in [0.25, 0.3) is 0 Å². The predicted molar refractivity (Wildman–Crippen MR) is 72.9 cm³/mol. The van der Waals surface area contributed by atoms with Crippen molar-refractivity contribution in [2.24, 2.45) is 5.84 Å². The fraction of sp³-hybridized carbons (Fsp3) is 0.571. The van der Waals surface area contributed by atoms with Gasteiger partial charge in [-0.15, -0.1) is 0 Å². The normalized spacial score (nSPS) is 21.5. The molecule has 21 heavy (non-hydrogen) atoms. The van der Waals surface area contributed by atoms with E-state index in [0.29, 0.717) is 13.2 Å². The van der Waals surface area contributed by atoms with Crippen molar-refractivity contribution < 1.29 is 17.9 Å². The first kappa shape index (κ1) is 16.2. The highest BCUT2D eigenvalue weighted by Crippen LogP contribution is 2.26. The summed E-state index contributed by atoms with van der Waals surface area (Å²) in [5.74, 6) is 1.54. The zero-order valence-electron chi connectivity index (χ0n) is 11.9. The molecule has 1 fully saturated rings. The lowest BCUT2D eigenvalue weighted by Gasteiger charge is -2.36. The third-order valence-electron chi connectivity index (χ3n) is 3.67. The number of nitrogens with zero attached hydrogens (tertiary/aromatic N) is 1. The SMILES string of the molecule is CCCN1CCOC(C(NN)c2ccc(F)c(F)c2F)C1. The molecule has 1 heterocycles. The van der Waals surface area contributed by atoms with E-state index < -0.39 is 29.6 Å². The summed E-state index contributed by atoms with van der Waals surface area (Å²) in [5.41, 5.74) is 2.43. The number of benzene rings is 1. The number of halogens is 3. The molecule has 2 unspecified atom stereocenters. The van der Waals surface area contributed by atoms with Gasteiger partial charge in [0.15, 0.2) is 17.5 Å². The van der Waals surface area contributed by atoms with E-state index in [9.17, 15) is 13.2 Å². The third kappa shape index (κ3) is 3.55. The first-order valence-electron chi connectivity index (χ1n) is 7.02. The Hall–Kier alpha value is -1.15. The lowest BCUT2D eigenvalue weighted by atomic mass is 9.99. The van der Waals surface area contributed by atoms with Crippen LogP contribution in [-0.4, -0.2) is 37.2 Å². The van der Waals surface area contributed by atoms with Gasteiger partial charge in [-0.05, 0) is 19.0 Å². The smallest absolute Gasteiger partial charge is 0.194 e. The van der Waals surface area contributed by atoms with E-state index in [-0.39, 0.29) is 5.56 Å². The Morgan fingerprint density at radius 2 is 2.14 bits per heavy atom. The molecule has 0 spiro atoms. The Morgan fingerprint density at radius 1 is 1.38 bits per heavy atom. The Kier molecular flexibility index (Phi) is 5.58. The average molecular weight is 303 g/mol. The van der Waals surface area contributed by atoms with Crippen LogP contribution in [0.15, 0.2) is 12.1 Å². The molecule has 0 saturated carbocycles. The van der Waals surface area contributed by atoms with E-state index in [0.717, 1.165) is 25.6 Å². The molecular formula is C14H20F3N3O. The summed E-state index contributed by atoms with van der Waals surface area (Å²) in [5, 5.41) is 0. The molecule has 4 nitrogen and oxygen atoms in total. The molecule has 0 aromatic heterocycles. The topological polar surface area (TPSA) is 50.5 Å². The fourth-order valence-corrected chi connectivity index (χ4v) is 2.63. The van der Waals surface area contributed by atoms with Gasteiger partial charge in [-0.3, -0.25) is 16.2 Å². The van der Waals surface area contributed by atoms with Crippen LogP contribution in [0, 0.1) is 17.5 Å². The maximum Gasteiger partial charge on any atom is 0.194 e. The van der Waals surface area contributed by atoms with Crippen molar-refractivity contribution in [3.8, 4) is 0 Å². The highest BCUT2D eigenvalue weighted by Gasteiger charge is 2.31. The predicted octanol–water partition coefficient (Wildman–Crippen LogP) is 1.72. The Bertz CT molecular complexity index is 485. The van der Waals surface area contributed by atoms with Gasteiger partial charge in [-0.1, -0.05) is 13.0 Å². The number of rotatable bonds is 5. The number of hydrazine groups is 1. The van der Waals surface area contributed by atoms with Gasteiger partial charge in [0.1, 0.15) is 0 Å². The van der Waals surface area contributed by atoms with Crippen LogP contribution in [-0.2, 0) is 4.74 Å². The quantitative estimate of drug-likeness (QED) is 0.494. The molecule has 0 aliphatic carbocycles. The van der Waals surface area contributed by atoms with Crippen molar-refractivity contribution in [3.63, 3.8) is 0 Å². The van der Waals surface area contributed by atoms with Gasteiger partial charge in [-0.2, -0.15) is 0 Å². The van der Waals surface area contributed by atoms with Crippen molar-refractivity contribution in [2.45, 2.75) is 25.5 Å². The minimum absolute atomic E-state index is 0.0280. The summed E-state index contributed by atoms with van der Waals surface area (Å²) in [6.45, 7) is 4.81. The van der Waals surface area contributed by atoms with E-state index in [1.807, 2.05) is 0 Å². The van der Waals surface area contributed by atoms with Crippen molar-refractivity contribution in [3.05, 3.63) is 35.1 Å². The first-order valence-corrected chi connectivity index (χ1v) is 7.02. The summed E-state index contributed by atoms with van der Waals surface area (Å²) in [6, 6.07) is 1.35. The second-order valence-electron chi connectivity index (χ2n) is 5.12. The van der Waals surface area contributed by atoms with Crippen molar-refractivity contribution in [2.75, 3.05) is 26.2 Å². The molecule has 118 valence electrons. The maximum absolute atomic E-state index is 13.9. The van der Waals surface area contributed by atoms with Crippen LogP contribution < -0.4 is 11.3 Å². The highest BCUT2D eigenvalue weighted by molar-refractivity contribution is 5.24. The maximum atomic E-state index is 13.9. The van der Waals surface area contributed by atoms with Crippen LogP contribution in [0.4, 0.5) is 13.2 Å². The summed E-state index contributed by atoms with van der Waals surface area (Å²) < 4.78 is 45.9. The van der Waals surface area contributed by atoms with Crippen LogP contribution in [0.5, 0.6) is 0 Å². The minimum atomic E-state index is -1.49. The fourth-order valence-electron chi connectivity index (χ4n) is 2.63. The van der Waals surface area contributed by atoms with Gasteiger partial charge in [0, 0.05) is 18.7 Å². The molecule has 1 saturated heterocycles. The number of morpholine rings is 1.